The zero-order valence-corrected chi connectivity index (χ0v) is 18.6. The van der Waals surface area contributed by atoms with Crippen LogP contribution in [-0.2, 0) is 19.9 Å². The standard InChI is InChI=1S/C24H30N2O3S/c1-4-11-21-20(6-3)22(27)26(23(21)28)18-24(19-12-8-7-9-13-19)17-25(30-16-5-2)14-10-15-29-24/h4,6-9,11-13H,3,5,10,14-18H2,1-2H3/b11-4-. The summed E-state index contributed by atoms with van der Waals surface area (Å²) in [5.41, 5.74) is 0.953. The van der Waals surface area contributed by atoms with Crippen molar-refractivity contribution in [1.82, 2.24) is 9.21 Å². The maximum Gasteiger partial charge on any atom is 0.261 e. The summed E-state index contributed by atoms with van der Waals surface area (Å²) in [7, 11) is 0. The van der Waals surface area contributed by atoms with E-state index in [1.165, 1.54) is 11.0 Å². The van der Waals surface area contributed by atoms with E-state index in [1.54, 1.807) is 12.2 Å². The molecule has 0 radical (unpaired) electrons. The molecule has 1 saturated heterocycles. The third-order valence-corrected chi connectivity index (χ3v) is 6.60. The van der Waals surface area contributed by atoms with Crippen molar-refractivity contribution >= 4 is 23.8 Å². The second-order valence-electron chi connectivity index (χ2n) is 7.49. The van der Waals surface area contributed by atoms with Crippen molar-refractivity contribution in [3.8, 4) is 0 Å². The van der Waals surface area contributed by atoms with Crippen LogP contribution in [0.25, 0.3) is 0 Å². The minimum absolute atomic E-state index is 0.177. The van der Waals surface area contributed by atoms with Crippen LogP contribution < -0.4 is 0 Å². The summed E-state index contributed by atoms with van der Waals surface area (Å²) in [5.74, 6) is 0.433. The second-order valence-corrected chi connectivity index (χ2v) is 8.67. The van der Waals surface area contributed by atoms with E-state index in [9.17, 15) is 9.59 Å². The van der Waals surface area contributed by atoms with Gasteiger partial charge < -0.3 is 4.74 Å². The van der Waals surface area contributed by atoms with Gasteiger partial charge in [-0.3, -0.25) is 14.5 Å². The van der Waals surface area contributed by atoms with Crippen molar-refractivity contribution < 1.29 is 14.3 Å². The predicted molar refractivity (Wildman–Crippen MR) is 122 cm³/mol. The number of carbonyl (C=O) groups excluding carboxylic acids is 2. The molecule has 1 aromatic carbocycles. The van der Waals surface area contributed by atoms with Crippen LogP contribution in [0.2, 0.25) is 0 Å². The van der Waals surface area contributed by atoms with E-state index in [0.29, 0.717) is 24.3 Å². The SMILES string of the molecule is C=CC1=C(/C=C\C)C(=O)N(CC2(c3ccccc3)CN(SCCC)CCCO2)C1=O. The molecule has 0 aliphatic carbocycles. The van der Waals surface area contributed by atoms with E-state index in [4.69, 9.17) is 4.74 Å². The van der Waals surface area contributed by atoms with Gasteiger partial charge in [-0.05, 0) is 25.3 Å². The molecule has 6 heteroatoms. The molecule has 160 valence electrons. The Morgan fingerprint density at radius 2 is 1.93 bits per heavy atom. The molecule has 0 aromatic heterocycles. The quantitative estimate of drug-likeness (QED) is 0.463. The number of benzene rings is 1. The molecule has 0 saturated carbocycles. The van der Waals surface area contributed by atoms with E-state index >= 15 is 0 Å². The first-order valence-corrected chi connectivity index (χ1v) is 11.4. The van der Waals surface area contributed by atoms with Crippen molar-refractivity contribution in [3.05, 3.63) is 71.8 Å². The molecule has 0 N–H and O–H groups in total. The Hall–Kier alpha value is -2.15. The third kappa shape index (κ3) is 4.61. The number of allylic oxidation sites excluding steroid dienone is 1. The molecule has 5 nitrogen and oxygen atoms in total. The highest BCUT2D eigenvalue weighted by molar-refractivity contribution is 7.97. The lowest BCUT2D eigenvalue weighted by molar-refractivity contribution is -0.144. The average Bonchev–Trinajstić information content (AvgIpc) is 2.91. The van der Waals surface area contributed by atoms with E-state index < -0.39 is 5.60 Å². The van der Waals surface area contributed by atoms with Gasteiger partial charge in [0.25, 0.3) is 11.8 Å². The molecular weight excluding hydrogens is 396 g/mol. The molecule has 1 aromatic rings. The maximum atomic E-state index is 13.1. The Bertz CT molecular complexity index is 849. The first-order chi connectivity index (χ1) is 14.6. The fourth-order valence-corrected chi connectivity index (χ4v) is 4.89. The molecular formula is C24H30N2O3S. The lowest BCUT2D eigenvalue weighted by atomic mass is 9.92. The summed E-state index contributed by atoms with van der Waals surface area (Å²) in [6.45, 7) is 10.0. The van der Waals surface area contributed by atoms with Crippen LogP contribution in [0.4, 0.5) is 0 Å². The van der Waals surface area contributed by atoms with E-state index in [0.717, 1.165) is 30.7 Å². The molecule has 3 rings (SSSR count). The van der Waals surface area contributed by atoms with Crippen LogP contribution >= 0.6 is 11.9 Å². The second kappa shape index (κ2) is 10.2. The van der Waals surface area contributed by atoms with Gasteiger partial charge >= 0.3 is 0 Å². The normalized spacial score (nSPS) is 23.5. The summed E-state index contributed by atoms with van der Waals surface area (Å²) >= 11 is 1.81. The molecule has 2 amide bonds. The van der Waals surface area contributed by atoms with Gasteiger partial charge in [-0.15, -0.1) is 0 Å². The summed E-state index contributed by atoms with van der Waals surface area (Å²) in [4.78, 5) is 27.5. The Morgan fingerprint density at radius 1 is 1.20 bits per heavy atom. The first kappa shape index (κ1) is 22.5. The third-order valence-electron chi connectivity index (χ3n) is 5.33. The molecule has 0 bridgehead atoms. The summed E-state index contributed by atoms with van der Waals surface area (Å²) < 4.78 is 8.77. The van der Waals surface area contributed by atoms with Gasteiger partial charge in [-0.25, -0.2) is 4.31 Å². The Morgan fingerprint density at radius 3 is 2.60 bits per heavy atom. The molecule has 1 unspecified atom stereocenters. The Balaban J connectivity index is 1.97. The lowest BCUT2D eigenvalue weighted by Crippen LogP contribution is -2.50. The van der Waals surface area contributed by atoms with Gasteiger partial charge in [-0.2, -0.15) is 0 Å². The number of nitrogens with zero attached hydrogens (tertiary/aromatic N) is 2. The van der Waals surface area contributed by atoms with Crippen molar-refractivity contribution in [2.45, 2.75) is 32.3 Å². The van der Waals surface area contributed by atoms with Crippen molar-refractivity contribution in [3.63, 3.8) is 0 Å². The average molecular weight is 427 g/mol. The topological polar surface area (TPSA) is 49.9 Å². The molecule has 2 heterocycles. The molecule has 1 atom stereocenters. The first-order valence-electron chi connectivity index (χ1n) is 10.5. The van der Waals surface area contributed by atoms with E-state index in [1.807, 2.05) is 49.2 Å². The summed E-state index contributed by atoms with van der Waals surface area (Å²) in [6, 6.07) is 9.95. The fraction of sp³-hybridized carbons (Fsp3) is 0.417. The van der Waals surface area contributed by atoms with Gasteiger partial charge in [0.1, 0.15) is 5.60 Å². The van der Waals surface area contributed by atoms with Crippen LogP contribution in [0, 0.1) is 0 Å². The highest BCUT2D eigenvalue weighted by Crippen LogP contribution is 2.35. The number of hydrogen-bond donors (Lipinski definition) is 0. The van der Waals surface area contributed by atoms with Gasteiger partial charge in [-0.1, -0.05) is 74.0 Å². The minimum Gasteiger partial charge on any atom is -0.367 e. The van der Waals surface area contributed by atoms with Crippen LogP contribution in [0.5, 0.6) is 0 Å². The lowest BCUT2D eigenvalue weighted by Gasteiger charge is -2.38. The van der Waals surface area contributed by atoms with Crippen LogP contribution in [-0.4, -0.2) is 53.0 Å². The molecule has 2 aliphatic heterocycles. The smallest absolute Gasteiger partial charge is 0.261 e. The maximum absolute atomic E-state index is 13.1. The van der Waals surface area contributed by atoms with Crippen molar-refractivity contribution in [2.75, 3.05) is 32.0 Å². The number of ether oxygens (including phenoxy) is 1. The largest absolute Gasteiger partial charge is 0.367 e. The Kier molecular flexibility index (Phi) is 7.69. The van der Waals surface area contributed by atoms with Gasteiger partial charge in [0.2, 0.25) is 0 Å². The Labute approximate surface area is 183 Å². The van der Waals surface area contributed by atoms with Gasteiger partial charge in [0.15, 0.2) is 0 Å². The van der Waals surface area contributed by atoms with Crippen LogP contribution in [0.1, 0.15) is 32.3 Å². The number of amides is 2. The van der Waals surface area contributed by atoms with Gasteiger partial charge in [0.05, 0.1) is 17.7 Å². The molecule has 1 fully saturated rings. The number of rotatable bonds is 8. The highest BCUT2D eigenvalue weighted by Gasteiger charge is 2.45. The number of imide groups is 1. The zero-order valence-electron chi connectivity index (χ0n) is 17.8. The highest BCUT2D eigenvalue weighted by atomic mass is 32.2. The minimum atomic E-state index is -0.776. The monoisotopic (exact) mass is 426 g/mol. The van der Waals surface area contributed by atoms with Crippen molar-refractivity contribution in [2.24, 2.45) is 0 Å². The predicted octanol–water partition coefficient (Wildman–Crippen LogP) is 4.09. The summed E-state index contributed by atoms with van der Waals surface area (Å²) in [6.07, 6.45) is 6.92. The fourth-order valence-electron chi connectivity index (χ4n) is 3.89. The van der Waals surface area contributed by atoms with E-state index in [-0.39, 0.29) is 18.4 Å². The zero-order chi connectivity index (χ0) is 21.6. The van der Waals surface area contributed by atoms with Crippen LogP contribution in [0.15, 0.2) is 66.3 Å². The van der Waals surface area contributed by atoms with Crippen LogP contribution in [0.3, 0.4) is 0 Å². The number of carbonyl (C=O) groups is 2. The van der Waals surface area contributed by atoms with E-state index in [2.05, 4.69) is 17.8 Å². The molecule has 30 heavy (non-hydrogen) atoms. The number of hydrogen-bond acceptors (Lipinski definition) is 5. The van der Waals surface area contributed by atoms with Gasteiger partial charge in [0, 0.05) is 25.4 Å². The molecule has 2 aliphatic rings. The molecule has 0 spiro atoms. The van der Waals surface area contributed by atoms with Crippen molar-refractivity contribution in [1.29, 1.82) is 0 Å². The summed E-state index contributed by atoms with van der Waals surface area (Å²) in [5, 5.41) is 0.